The SMILES string of the molecule is COC(=O)c1cc(S(=O)(=O)NC(C)(CN)CC(C)C)cs1.Cl. The molecule has 0 saturated heterocycles. The summed E-state index contributed by atoms with van der Waals surface area (Å²) in [5, 5.41) is 1.42. The molecule has 0 aliphatic carbocycles. The van der Waals surface area contributed by atoms with Crippen molar-refractivity contribution >= 4 is 39.7 Å². The van der Waals surface area contributed by atoms with E-state index in [-0.39, 0.29) is 28.7 Å². The summed E-state index contributed by atoms with van der Waals surface area (Å²) in [5.74, 6) is -0.250. The molecule has 1 aromatic heterocycles. The highest BCUT2D eigenvalue weighted by Crippen LogP contribution is 2.23. The lowest BCUT2D eigenvalue weighted by atomic mass is 9.92. The normalized spacial score (nSPS) is 14.3. The molecular formula is C13H23ClN2O4S2. The van der Waals surface area contributed by atoms with Gasteiger partial charge in [0, 0.05) is 17.5 Å². The Balaban J connectivity index is 0.00000441. The minimum absolute atomic E-state index is 0. The summed E-state index contributed by atoms with van der Waals surface area (Å²) in [6.07, 6.45) is 0.622. The van der Waals surface area contributed by atoms with Crippen molar-refractivity contribution in [3.8, 4) is 0 Å². The highest BCUT2D eigenvalue weighted by molar-refractivity contribution is 7.89. The predicted octanol–water partition coefficient (Wildman–Crippen LogP) is 2.00. The van der Waals surface area contributed by atoms with Crippen molar-refractivity contribution in [2.24, 2.45) is 11.7 Å². The zero-order chi connectivity index (χ0) is 16.3. The number of nitrogens with one attached hydrogen (secondary N) is 1. The summed E-state index contributed by atoms with van der Waals surface area (Å²) < 4.78 is 32.0. The number of esters is 1. The second-order valence-corrected chi connectivity index (χ2v) is 8.20. The van der Waals surface area contributed by atoms with E-state index in [0.29, 0.717) is 12.3 Å². The molecule has 22 heavy (non-hydrogen) atoms. The third-order valence-corrected chi connectivity index (χ3v) is 5.64. The van der Waals surface area contributed by atoms with Crippen LogP contribution in [0.2, 0.25) is 0 Å². The van der Waals surface area contributed by atoms with Crippen molar-refractivity contribution in [2.45, 2.75) is 37.6 Å². The van der Waals surface area contributed by atoms with Gasteiger partial charge < -0.3 is 10.5 Å². The second kappa shape index (κ2) is 8.26. The van der Waals surface area contributed by atoms with Crippen LogP contribution in [0.15, 0.2) is 16.3 Å². The molecule has 0 aromatic carbocycles. The van der Waals surface area contributed by atoms with Crippen molar-refractivity contribution < 1.29 is 17.9 Å². The number of hydrogen-bond donors (Lipinski definition) is 2. The van der Waals surface area contributed by atoms with E-state index in [1.54, 1.807) is 6.92 Å². The number of carbonyl (C=O) groups is 1. The number of thiophene rings is 1. The predicted molar refractivity (Wildman–Crippen MR) is 90.1 cm³/mol. The van der Waals surface area contributed by atoms with Crippen LogP contribution < -0.4 is 10.5 Å². The first-order valence-corrected chi connectivity index (χ1v) is 8.91. The Morgan fingerprint density at radius 1 is 1.50 bits per heavy atom. The van der Waals surface area contributed by atoms with Crippen LogP contribution in [0.3, 0.4) is 0 Å². The van der Waals surface area contributed by atoms with Gasteiger partial charge in [-0.15, -0.1) is 23.7 Å². The van der Waals surface area contributed by atoms with Crippen molar-refractivity contribution in [3.63, 3.8) is 0 Å². The molecule has 0 amide bonds. The lowest BCUT2D eigenvalue weighted by Crippen LogP contribution is -2.51. The Hall–Kier alpha value is -0.670. The molecule has 0 aliphatic rings. The first-order chi connectivity index (χ1) is 9.63. The van der Waals surface area contributed by atoms with E-state index in [0.717, 1.165) is 11.3 Å². The molecule has 1 heterocycles. The van der Waals surface area contributed by atoms with Crippen LogP contribution in [-0.4, -0.2) is 33.6 Å². The summed E-state index contributed by atoms with van der Waals surface area (Å²) in [6.45, 7) is 5.97. The van der Waals surface area contributed by atoms with E-state index in [1.165, 1.54) is 18.6 Å². The topological polar surface area (TPSA) is 98.5 Å². The maximum absolute atomic E-state index is 12.4. The molecule has 0 spiro atoms. The van der Waals surface area contributed by atoms with Crippen molar-refractivity contribution in [2.75, 3.05) is 13.7 Å². The molecule has 0 bridgehead atoms. The van der Waals surface area contributed by atoms with E-state index in [1.807, 2.05) is 13.8 Å². The summed E-state index contributed by atoms with van der Waals surface area (Å²) in [7, 11) is -2.47. The molecule has 6 nitrogen and oxygen atoms in total. The number of hydrogen-bond acceptors (Lipinski definition) is 6. The zero-order valence-electron chi connectivity index (χ0n) is 13.1. The average Bonchev–Trinajstić information content (AvgIpc) is 2.86. The second-order valence-electron chi connectivity index (χ2n) is 5.61. The van der Waals surface area contributed by atoms with Gasteiger partial charge in [0.25, 0.3) is 0 Å². The van der Waals surface area contributed by atoms with Gasteiger partial charge in [-0.1, -0.05) is 13.8 Å². The Kier molecular flexibility index (Phi) is 8.01. The van der Waals surface area contributed by atoms with Crippen LogP contribution >= 0.6 is 23.7 Å². The van der Waals surface area contributed by atoms with E-state index in [9.17, 15) is 13.2 Å². The fraction of sp³-hybridized carbons (Fsp3) is 0.615. The molecule has 0 fully saturated rings. The molecular weight excluding hydrogens is 348 g/mol. The molecule has 1 rings (SSSR count). The Bertz CT molecular complexity index is 601. The Morgan fingerprint density at radius 2 is 2.09 bits per heavy atom. The maximum Gasteiger partial charge on any atom is 0.348 e. The molecule has 0 aliphatic heterocycles. The van der Waals surface area contributed by atoms with Crippen molar-refractivity contribution in [1.82, 2.24) is 4.72 Å². The first-order valence-electron chi connectivity index (χ1n) is 6.54. The molecule has 1 unspecified atom stereocenters. The average molecular weight is 371 g/mol. The smallest absolute Gasteiger partial charge is 0.348 e. The summed E-state index contributed by atoms with van der Waals surface area (Å²) >= 11 is 1.03. The van der Waals surface area contributed by atoms with Crippen LogP contribution in [0.25, 0.3) is 0 Å². The van der Waals surface area contributed by atoms with Crippen LogP contribution in [0.5, 0.6) is 0 Å². The number of carbonyl (C=O) groups excluding carboxylic acids is 1. The molecule has 0 saturated carbocycles. The molecule has 9 heteroatoms. The fourth-order valence-electron chi connectivity index (χ4n) is 2.12. The van der Waals surface area contributed by atoms with Gasteiger partial charge in [-0.3, -0.25) is 0 Å². The van der Waals surface area contributed by atoms with E-state index in [2.05, 4.69) is 9.46 Å². The Morgan fingerprint density at radius 3 is 2.55 bits per heavy atom. The summed E-state index contributed by atoms with van der Waals surface area (Å²) in [5.41, 5.74) is 5.00. The third-order valence-electron chi connectivity index (χ3n) is 2.96. The molecule has 0 radical (unpaired) electrons. The summed E-state index contributed by atoms with van der Waals surface area (Å²) in [4.78, 5) is 11.7. The van der Waals surface area contributed by atoms with Gasteiger partial charge in [-0.2, -0.15) is 0 Å². The largest absolute Gasteiger partial charge is 0.465 e. The third kappa shape index (κ3) is 5.51. The van der Waals surface area contributed by atoms with Gasteiger partial charge in [0.15, 0.2) is 0 Å². The van der Waals surface area contributed by atoms with E-state index >= 15 is 0 Å². The molecule has 1 aromatic rings. The van der Waals surface area contributed by atoms with Crippen LogP contribution in [-0.2, 0) is 14.8 Å². The van der Waals surface area contributed by atoms with Crippen LogP contribution in [0.1, 0.15) is 36.9 Å². The maximum atomic E-state index is 12.4. The Labute approximate surface area is 141 Å². The van der Waals surface area contributed by atoms with Gasteiger partial charge in [-0.25, -0.2) is 17.9 Å². The highest BCUT2D eigenvalue weighted by atomic mass is 35.5. The quantitative estimate of drug-likeness (QED) is 0.715. The lowest BCUT2D eigenvalue weighted by molar-refractivity contribution is 0.0606. The standard InChI is InChI=1S/C13H22N2O4S2.ClH/c1-9(2)6-13(3,8-14)15-21(17,18)10-5-11(20-7-10)12(16)19-4;/h5,7,9,15H,6,8,14H2,1-4H3;1H. The number of nitrogens with two attached hydrogens (primary N) is 1. The van der Waals surface area contributed by atoms with Crippen molar-refractivity contribution in [3.05, 3.63) is 16.3 Å². The lowest BCUT2D eigenvalue weighted by Gasteiger charge is -2.30. The van der Waals surface area contributed by atoms with Crippen molar-refractivity contribution in [1.29, 1.82) is 0 Å². The van der Waals surface area contributed by atoms with Gasteiger partial charge in [-0.05, 0) is 25.3 Å². The van der Waals surface area contributed by atoms with Gasteiger partial charge >= 0.3 is 5.97 Å². The highest BCUT2D eigenvalue weighted by Gasteiger charge is 2.31. The van der Waals surface area contributed by atoms with Gasteiger partial charge in [0.2, 0.25) is 10.0 Å². The number of sulfonamides is 1. The van der Waals surface area contributed by atoms with E-state index in [4.69, 9.17) is 5.73 Å². The number of rotatable bonds is 7. The molecule has 1 atom stereocenters. The number of halogens is 1. The van der Waals surface area contributed by atoms with Crippen LogP contribution in [0.4, 0.5) is 0 Å². The minimum atomic E-state index is -3.72. The van der Waals surface area contributed by atoms with Gasteiger partial charge in [0.05, 0.1) is 12.0 Å². The fourth-order valence-corrected chi connectivity index (χ4v) is 4.74. The van der Waals surface area contributed by atoms with Gasteiger partial charge in [0.1, 0.15) is 4.88 Å². The molecule has 3 N–H and O–H groups in total. The minimum Gasteiger partial charge on any atom is -0.465 e. The zero-order valence-corrected chi connectivity index (χ0v) is 15.5. The van der Waals surface area contributed by atoms with E-state index < -0.39 is 21.5 Å². The monoisotopic (exact) mass is 370 g/mol. The van der Waals surface area contributed by atoms with Crippen LogP contribution in [0, 0.1) is 5.92 Å². The molecule has 128 valence electrons. The summed E-state index contributed by atoms with van der Waals surface area (Å²) in [6, 6.07) is 1.31. The number of methoxy groups -OCH3 is 1. The first kappa shape index (κ1) is 21.3. The number of ether oxygens (including phenoxy) is 1.